The van der Waals surface area contributed by atoms with Crippen LogP contribution in [0.25, 0.3) is 0 Å². The number of carbonyl (C=O) groups excluding carboxylic acids is 3. The van der Waals surface area contributed by atoms with Gasteiger partial charge in [0.2, 0.25) is 5.75 Å². The SMILES string of the molecule is C=C(C)CO[C@H]1CCC[C@H](NC(=O)c2nccc(OC)c2OC(C)=O)C(=O)O[C@@H](C)[C@@H]1OC. The molecule has 2 rings (SSSR count). The molecule has 1 amide bonds. The summed E-state index contributed by atoms with van der Waals surface area (Å²) in [6, 6.07) is 0.525. The molecular formula is C23H32N2O8. The van der Waals surface area contributed by atoms with Crippen LogP contribution >= 0.6 is 0 Å². The van der Waals surface area contributed by atoms with Crippen molar-refractivity contribution < 1.29 is 38.1 Å². The highest BCUT2D eigenvalue weighted by atomic mass is 16.6. The van der Waals surface area contributed by atoms with E-state index in [2.05, 4.69) is 16.9 Å². The predicted molar refractivity (Wildman–Crippen MR) is 118 cm³/mol. The number of methoxy groups -OCH3 is 2. The first kappa shape index (κ1) is 26.3. The van der Waals surface area contributed by atoms with E-state index >= 15 is 0 Å². The first-order valence-electron chi connectivity index (χ1n) is 10.7. The van der Waals surface area contributed by atoms with Crippen LogP contribution in [0.3, 0.4) is 0 Å². The number of carbonyl (C=O) groups is 3. The smallest absolute Gasteiger partial charge is 0.329 e. The van der Waals surface area contributed by atoms with E-state index < -0.39 is 36.1 Å². The highest BCUT2D eigenvalue weighted by molar-refractivity contribution is 5.98. The van der Waals surface area contributed by atoms with E-state index in [0.717, 1.165) is 5.57 Å². The lowest BCUT2D eigenvalue weighted by molar-refractivity contribution is -0.163. The molecule has 1 saturated heterocycles. The second kappa shape index (κ2) is 12.3. The lowest BCUT2D eigenvalue weighted by Gasteiger charge is -2.30. The van der Waals surface area contributed by atoms with Gasteiger partial charge in [0.05, 0.1) is 19.8 Å². The molecule has 0 spiro atoms. The minimum Gasteiger partial charge on any atom is -0.493 e. The van der Waals surface area contributed by atoms with Gasteiger partial charge in [-0.2, -0.15) is 0 Å². The zero-order valence-electron chi connectivity index (χ0n) is 19.7. The molecule has 33 heavy (non-hydrogen) atoms. The van der Waals surface area contributed by atoms with Crippen LogP contribution in [0.2, 0.25) is 0 Å². The summed E-state index contributed by atoms with van der Waals surface area (Å²) in [5, 5.41) is 2.65. The van der Waals surface area contributed by atoms with Gasteiger partial charge in [-0.1, -0.05) is 12.2 Å². The molecule has 2 heterocycles. The molecule has 10 nitrogen and oxygen atoms in total. The zero-order valence-corrected chi connectivity index (χ0v) is 19.7. The quantitative estimate of drug-likeness (QED) is 0.456. The lowest BCUT2D eigenvalue weighted by Crippen LogP contribution is -2.45. The van der Waals surface area contributed by atoms with Crippen molar-refractivity contribution in [3.63, 3.8) is 0 Å². The standard InChI is InChI=1S/C23H32N2O8/c1-13(2)12-31-18-9-7-8-16(23(28)32-14(3)20(18)30-6)25-22(27)19-21(33-15(4)26)17(29-5)10-11-24-19/h10-11,14,16,18,20H,1,7-9,12H2,2-6H3,(H,25,27)/t14-,16-,18-,20-/m0/s1. The highest BCUT2D eigenvalue weighted by Gasteiger charge is 2.35. The highest BCUT2D eigenvalue weighted by Crippen LogP contribution is 2.30. The van der Waals surface area contributed by atoms with Gasteiger partial charge in [0.15, 0.2) is 11.4 Å². The number of nitrogens with zero attached hydrogens (tertiary/aromatic N) is 1. The molecule has 0 radical (unpaired) electrons. The molecule has 1 fully saturated rings. The van der Waals surface area contributed by atoms with E-state index in [0.29, 0.717) is 25.9 Å². The minimum atomic E-state index is -0.935. The van der Waals surface area contributed by atoms with E-state index in [1.807, 2.05) is 6.92 Å². The normalized spacial score (nSPS) is 23.4. The van der Waals surface area contributed by atoms with Crippen molar-refractivity contribution in [2.75, 3.05) is 20.8 Å². The van der Waals surface area contributed by atoms with Crippen molar-refractivity contribution >= 4 is 17.8 Å². The Balaban J connectivity index is 2.21. The predicted octanol–water partition coefficient (Wildman–Crippen LogP) is 2.21. The third-order valence-electron chi connectivity index (χ3n) is 5.07. The third kappa shape index (κ3) is 7.26. The van der Waals surface area contributed by atoms with E-state index in [-0.39, 0.29) is 23.3 Å². The average Bonchev–Trinajstić information content (AvgIpc) is 2.80. The molecule has 1 aliphatic heterocycles. The number of aromatic nitrogens is 1. The number of cyclic esters (lactones) is 1. The second-order valence-electron chi connectivity index (χ2n) is 7.89. The molecule has 1 aromatic rings. The number of pyridine rings is 1. The summed E-state index contributed by atoms with van der Waals surface area (Å²) in [4.78, 5) is 41.3. The van der Waals surface area contributed by atoms with Gasteiger partial charge >= 0.3 is 11.9 Å². The van der Waals surface area contributed by atoms with Crippen molar-refractivity contribution in [2.45, 2.75) is 64.4 Å². The maximum atomic E-state index is 13.0. The van der Waals surface area contributed by atoms with E-state index in [4.69, 9.17) is 23.7 Å². The molecule has 182 valence electrons. The maximum Gasteiger partial charge on any atom is 0.329 e. The molecule has 1 N–H and O–H groups in total. The first-order chi connectivity index (χ1) is 15.7. The summed E-state index contributed by atoms with van der Waals surface area (Å²) in [6.07, 6.45) is 1.43. The van der Waals surface area contributed by atoms with Gasteiger partial charge < -0.3 is 29.0 Å². The molecule has 0 unspecified atom stereocenters. The summed E-state index contributed by atoms with van der Waals surface area (Å²) in [5.74, 6) is -1.90. The van der Waals surface area contributed by atoms with Crippen molar-refractivity contribution in [2.24, 2.45) is 0 Å². The number of esters is 2. The van der Waals surface area contributed by atoms with Gasteiger partial charge in [-0.05, 0) is 33.1 Å². The van der Waals surface area contributed by atoms with Crippen molar-refractivity contribution in [3.05, 3.63) is 30.1 Å². The fraction of sp³-hybridized carbons (Fsp3) is 0.565. The number of ether oxygens (including phenoxy) is 5. The van der Waals surface area contributed by atoms with Crippen molar-refractivity contribution in [3.8, 4) is 11.5 Å². The Hall–Kier alpha value is -2.98. The summed E-state index contributed by atoms with van der Waals surface area (Å²) >= 11 is 0. The summed E-state index contributed by atoms with van der Waals surface area (Å²) in [5.41, 5.74) is 0.691. The van der Waals surface area contributed by atoms with Crippen molar-refractivity contribution in [1.82, 2.24) is 10.3 Å². The summed E-state index contributed by atoms with van der Waals surface area (Å²) in [7, 11) is 2.91. The zero-order chi connectivity index (χ0) is 24.5. The maximum absolute atomic E-state index is 13.0. The summed E-state index contributed by atoms with van der Waals surface area (Å²) in [6.45, 7) is 8.99. The second-order valence-corrected chi connectivity index (χ2v) is 7.89. The molecule has 0 aliphatic carbocycles. The monoisotopic (exact) mass is 464 g/mol. The van der Waals surface area contributed by atoms with Gasteiger partial charge in [0.1, 0.15) is 18.2 Å². The van der Waals surface area contributed by atoms with Gasteiger partial charge in [-0.3, -0.25) is 9.59 Å². The van der Waals surface area contributed by atoms with Crippen LogP contribution < -0.4 is 14.8 Å². The number of hydrogen-bond donors (Lipinski definition) is 1. The van der Waals surface area contributed by atoms with Gasteiger partial charge in [0.25, 0.3) is 5.91 Å². The van der Waals surface area contributed by atoms with Crippen LogP contribution in [0, 0.1) is 0 Å². The molecule has 4 atom stereocenters. The van der Waals surface area contributed by atoms with Crippen LogP contribution in [0.4, 0.5) is 0 Å². The van der Waals surface area contributed by atoms with Gasteiger partial charge in [-0.15, -0.1) is 0 Å². The van der Waals surface area contributed by atoms with E-state index in [1.165, 1.54) is 33.4 Å². The number of hydrogen-bond acceptors (Lipinski definition) is 9. The fourth-order valence-electron chi connectivity index (χ4n) is 3.56. The molecule has 0 bridgehead atoms. The van der Waals surface area contributed by atoms with Crippen LogP contribution in [0.1, 0.15) is 50.5 Å². The summed E-state index contributed by atoms with van der Waals surface area (Å²) < 4.78 is 27.4. The largest absolute Gasteiger partial charge is 0.493 e. The third-order valence-corrected chi connectivity index (χ3v) is 5.07. The topological polar surface area (TPSA) is 122 Å². The Bertz CT molecular complexity index is 872. The van der Waals surface area contributed by atoms with E-state index in [1.54, 1.807) is 6.92 Å². The number of rotatable bonds is 8. The van der Waals surface area contributed by atoms with Gasteiger partial charge in [0, 0.05) is 26.3 Å². The molecule has 0 saturated carbocycles. The molecule has 1 aromatic heterocycles. The van der Waals surface area contributed by atoms with Crippen LogP contribution in [-0.2, 0) is 23.8 Å². The lowest BCUT2D eigenvalue weighted by atomic mass is 10.0. The molecule has 10 heteroatoms. The fourth-order valence-corrected chi connectivity index (χ4v) is 3.56. The number of nitrogens with one attached hydrogen (secondary N) is 1. The minimum absolute atomic E-state index is 0.123. The van der Waals surface area contributed by atoms with E-state index in [9.17, 15) is 14.4 Å². The average molecular weight is 465 g/mol. The van der Waals surface area contributed by atoms with Gasteiger partial charge in [-0.25, -0.2) is 9.78 Å². The van der Waals surface area contributed by atoms with Crippen molar-refractivity contribution in [1.29, 1.82) is 0 Å². The van der Waals surface area contributed by atoms with Crippen LogP contribution in [0.15, 0.2) is 24.4 Å². The Morgan fingerprint density at radius 2 is 2.00 bits per heavy atom. The van der Waals surface area contributed by atoms with Crippen LogP contribution in [0.5, 0.6) is 11.5 Å². The Labute approximate surface area is 193 Å². The Kier molecular flexibility index (Phi) is 9.80. The number of amides is 1. The Morgan fingerprint density at radius 3 is 2.61 bits per heavy atom. The molecule has 1 aliphatic rings. The molecule has 0 aromatic carbocycles. The molecular weight excluding hydrogens is 432 g/mol. The Morgan fingerprint density at radius 1 is 1.27 bits per heavy atom. The first-order valence-corrected chi connectivity index (χ1v) is 10.7. The van der Waals surface area contributed by atoms with Crippen LogP contribution in [-0.4, -0.2) is 68.0 Å².